The van der Waals surface area contributed by atoms with E-state index in [9.17, 15) is 0 Å². The number of para-hydroxylation sites is 1. The van der Waals surface area contributed by atoms with Crippen LogP contribution in [-0.4, -0.2) is 15.0 Å². The molecule has 8 aromatic rings. The van der Waals surface area contributed by atoms with Crippen LogP contribution >= 0.6 is 0 Å². The molecule has 8 rings (SSSR count). The second-order valence-electron chi connectivity index (χ2n) is 10.8. The van der Waals surface area contributed by atoms with E-state index in [2.05, 4.69) is 58.3 Å². The van der Waals surface area contributed by atoms with E-state index in [0.29, 0.717) is 0 Å². The number of aryl methyl sites for hydroxylation is 3. The fourth-order valence-electron chi connectivity index (χ4n) is 4.99. The van der Waals surface area contributed by atoms with E-state index in [4.69, 9.17) is 4.42 Å². The Bertz CT molecular complexity index is 2110. The molecule has 0 bridgehead atoms. The van der Waals surface area contributed by atoms with Crippen LogP contribution in [0.4, 0.5) is 0 Å². The van der Waals surface area contributed by atoms with Gasteiger partial charge in [0.1, 0.15) is 5.58 Å². The van der Waals surface area contributed by atoms with Gasteiger partial charge in [-0.15, -0.1) is 95.6 Å². The first-order valence-electron chi connectivity index (χ1n) is 15.1. The predicted octanol–water partition coefficient (Wildman–Crippen LogP) is 10.5. The molecule has 0 aliphatic rings. The van der Waals surface area contributed by atoms with Crippen LogP contribution in [0.15, 0.2) is 144 Å². The average molecular weight is 787 g/mol. The van der Waals surface area contributed by atoms with Gasteiger partial charge in [-0.1, -0.05) is 59.5 Å². The number of nitrogens with zero attached hydrogens (tertiary/aromatic N) is 3. The molecule has 0 saturated carbocycles. The van der Waals surface area contributed by atoms with Crippen molar-refractivity contribution in [3.63, 3.8) is 0 Å². The summed E-state index contributed by atoms with van der Waals surface area (Å²) in [6, 6.07) is 53.4. The Balaban J connectivity index is 0.000000142. The molecule has 5 heteroatoms. The number of aromatic nitrogens is 3. The number of benzene rings is 4. The number of hydrogen-bond donors (Lipinski definition) is 0. The van der Waals surface area contributed by atoms with Crippen molar-refractivity contribution in [1.82, 2.24) is 15.0 Å². The Morgan fingerprint density at radius 3 is 1.70 bits per heavy atom. The molecule has 0 spiro atoms. The minimum Gasteiger partial charge on any atom is -0.500 e. The summed E-state index contributed by atoms with van der Waals surface area (Å²) >= 11 is 0. The van der Waals surface area contributed by atoms with Gasteiger partial charge in [0, 0.05) is 23.0 Å². The zero-order chi connectivity index (χ0) is 31.7. The summed E-state index contributed by atoms with van der Waals surface area (Å²) in [6.45, 7) is 6.05. The molecule has 4 aromatic heterocycles. The third-order valence-electron chi connectivity index (χ3n) is 7.25. The number of fused-ring (bicyclic) bond motifs is 3. The van der Waals surface area contributed by atoms with Crippen LogP contribution in [0.3, 0.4) is 0 Å². The van der Waals surface area contributed by atoms with Crippen molar-refractivity contribution in [1.29, 1.82) is 0 Å². The molecule has 4 heterocycles. The van der Waals surface area contributed by atoms with Gasteiger partial charge in [-0.05, 0) is 62.1 Å². The van der Waals surface area contributed by atoms with Crippen molar-refractivity contribution >= 4 is 21.9 Å². The van der Waals surface area contributed by atoms with Gasteiger partial charge in [0.15, 0.2) is 0 Å². The third-order valence-corrected chi connectivity index (χ3v) is 7.25. The van der Waals surface area contributed by atoms with Crippen molar-refractivity contribution in [2.45, 2.75) is 20.8 Å². The Labute approximate surface area is 289 Å². The monoisotopic (exact) mass is 787 g/mol. The largest absolute Gasteiger partial charge is 3.00 e. The molecule has 0 atom stereocenters. The van der Waals surface area contributed by atoms with Crippen LogP contribution < -0.4 is 0 Å². The second kappa shape index (κ2) is 15.9. The minimum absolute atomic E-state index is 0. The fourth-order valence-corrected chi connectivity index (χ4v) is 4.99. The summed E-state index contributed by atoms with van der Waals surface area (Å²) < 4.78 is 5.82. The van der Waals surface area contributed by atoms with Gasteiger partial charge >= 0.3 is 20.1 Å². The Morgan fingerprint density at radius 1 is 0.511 bits per heavy atom. The van der Waals surface area contributed by atoms with Gasteiger partial charge in [-0.25, -0.2) is 0 Å². The maximum absolute atomic E-state index is 5.82. The van der Waals surface area contributed by atoms with Crippen molar-refractivity contribution in [2.24, 2.45) is 0 Å². The summed E-state index contributed by atoms with van der Waals surface area (Å²) in [4.78, 5) is 13.2. The summed E-state index contributed by atoms with van der Waals surface area (Å²) in [5, 5.41) is 2.24. The van der Waals surface area contributed by atoms with Gasteiger partial charge < -0.3 is 19.4 Å². The first-order chi connectivity index (χ1) is 22.5. The van der Waals surface area contributed by atoms with Gasteiger partial charge in [0.2, 0.25) is 0 Å². The molecule has 0 N–H and O–H groups in total. The maximum atomic E-state index is 5.82. The minimum atomic E-state index is 0. The third kappa shape index (κ3) is 8.53. The quantitative estimate of drug-likeness (QED) is 0.167. The Morgan fingerprint density at radius 2 is 1.13 bits per heavy atom. The standard InChI is InChI=1S/C18H12NO.2C12H10N.Ir/c1-12-8-9-19-16(10-12)13-6-7-18-15(11-13)14-4-2-3-5-17(14)20-18;2*1-10-6-5-9-12(13-10)11-7-3-2-4-8-11;/h2-5,7-11H,1H3;2*2-7,9H,1H3;/q3*-1;+3. The summed E-state index contributed by atoms with van der Waals surface area (Å²) in [5.74, 6) is 0. The number of pyridine rings is 3. The van der Waals surface area contributed by atoms with Crippen LogP contribution in [0.25, 0.3) is 55.7 Å². The van der Waals surface area contributed by atoms with E-state index < -0.39 is 0 Å². The normalized spacial score (nSPS) is 10.3. The summed E-state index contributed by atoms with van der Waals surface area (Å²) in [6.07, 6.45) is 1.83. The topological polar surface area (TPSA) is 51.8 Å². The number of furan rings is 1. The van der Waals surface area contributed by atoms with Crippen LogP contribution in [0.2, 0.25) is 0 Å². The van der Waals surface area contributed by atoms with Crippen molar-refractivity contribution in [3.8, 4) is 33.8 Å². The molecule has 0 aliphatic heterocycles. The molecule has 4 aromatic carbocycles. The van der Waals surface area contributed by atoms with Crippen LogP contribution in [0.5, 0.6) is 0 Å². The molecule has 47 heavy (non-hydrogen) atoms. The fraction of sp³-hybridized carbons (Fsp3) is 0.0714. The molecule has 0 unspecified atom stereocenters. The van der Waals surface area contributed by atoms with Crippen molar-refractivity contribution in [2.75, 3.05) is 0 Å². The van der Waals surface area contributed by atoms with Crippen LogP contribution in [0, 0.1) is 39.0 Å². The zero-order valence-corrected chi connectivity index (χ0v) is 28.8. The van der Waals surface area contributed by atoms with E-state index in [0.717, 1.165) is 67.1 Å². The SMILES string of the molecule is Cc1cccc(-c2[c-]cccc2)n1.Cc1cccc(-c2[c-]cccc2)n1.Cc1ccnc(-c2[c-]cc3oc4ccccc4c3c2)c1.[Ir+3]. The van der Waals surface area contributed by atoms with E-state index in [1.165, 1.54) is 5.56 Å². The van der Waals surface area contributed by atoms with E-state index in [1.807, 2.05) is 135 Å². The Hall–Kier alpha value is -5.22. The molecule has 230 valence electrons. The van der Waals surface area contributed by atoms with Gasteiger partial charge in [-0.3, -0.25) is 0 Å². The van der Waals surface area contributed by atoms with Gasteiger partial charge in [0.05, 0.1) is 5.58 Å². The van der Waals surface area contributed by atoms with Gasteiger partial charge in [0.25, 0.3) is 0 Å². The van der Waals surface area contributed by atoms with E-state index in [1.54, 1.807) is 0 Å². The molecule has 0 saturated heterocycles. The zero-order valence-electron chi connectivity index (χ0n) is 26.4. The molecule has 0 aliphatic carbocycles. The van der Waals surface area contributed by atoms with Crippen LogP contribution in [0.1, 0.15) is 17.0 Å². The molecule has 4 nitrogen and oxygen atoms in total. The molecule has 0 amide bonds. The molecular formula is C42H32IrN3O. The smallest absolute Gasteiger partial charge is 0.500 e. The maximum Gasteiger partial charge on any atom is 3.00 e. The molecule has 0 fully saturated rings. The predicted molar refractivity (Wildman–Crippen MR) is 187 cm³/mol. The number of rotatable bonds is 3. The first-order valence-corrected chi connectivity index (χ1v) is 15.1. The van der Waals surface area contributed by atoms with E-state index >= 15 is 0 Å². The van der Waals surface area contributed by atoms with Crippen molar-refractivity contribution in [3.05, 3.63) is 175 Å². The Kier molecular flexibility index (Phi) is 11.2. The second-order valence-corrected chi connectivity index (χ2v) is 10.8. The van der Waals surface area contributed by atoms with Gasteiger partial charge in [-0.2, -0.15) is 0 Å². The molecule has 0 radical (unpaired) electrons. The van der Waals surface area contributed by atoms with E-state index in [-0.39, 0.29) is 20.1 Å². The van der Waals surface area contributed by atoms with Crippen molar-refractivity contribution < 1.29 is 24.5 Å². The van der Waals surface area contributed by atoms with Crippen LogP contribution in [-0.2, 0) is 20.1 Å². The summed E-state index contributed by atoms with van der Waals surface area (Å²) in [7, 11) is 0. The molecular weight excluding hydrogens is 755 g/mol. The first kappa shape index (κ1) is 33.2. The number of hydrogen-bond acceptors (Lipinski definition) is 4. The average Bonchev–Trinajstić information content (AvgIpc) is 3.48. The summed E-state index contributed by atoms with van der Waals surface area (Å²) in [5.41, 5.74) is 11.0.